The van der Waals surface area contributed by atoms with E-state index in [1.165, 1.54) is 32.4 Å². The normalized spacial score (nSPS) is 12.5. The van der Waals surface area contributed by atoms with Gasteiger partial charge in [0.15, 0.2) is 11.4 Å². The maximum absolute atomic E-state index is 13.5. The topological polar surface area (TPSA) is 64.2 Å². The Balaban J connectivity index is 2.18. The van der Waals surface area contributed by atoms with Crippen LogP contribution in [0.2, 0.25) is 0 Å². The molecule has 0 aliphatic carbocycles. The molecule has 2 aromatic heterocycles. The number of aromatic amines is 1. The maximum atomic E-state index is 13.5. The lowest BCUT2D eigenvalue weighted by Gasteiger charge is -2.09. The van der Waals surface area contributed by atoms with Crippen LogP contribution >= 0.6 is 0 Å². The summed E-state index contributed by atoms with van der Waals surface area (Å²) in [6.07, 6.45) is 0.154. The maximum Gasteiger partial charge on any atom is 0.360 e. The summed E-state index contributed by atoms with van der Waals surface area (Å²) in [5.74, 6) is -1.04. The number of hydrogen-bond acceptors (Lipinski definition) is 4. The molecule has 120 valence electrons. The van der Waals surface area contributed by atoms with Gasteiger partial charge in [0.2, 0.25) is 0 Å². The van der Waals surface area contributed by atoms with E-state index in [2.05, 4.69) is 9.97 Å². The minimum absolute atomic E-state index is 0.0780. The van der Waals surface area contributed by atoms with Gasteiger partial charge in [-0.3, -0.25) is 0 Å². The van der Waals surface area contributed by atoms with Crippen molar-refractivity contribution in [2.75, 3.05) is 13.7 Å². The van der Waals surface area contributed by atoms with E-state index in [9.17, 15) is 13.6 Å². The molecule has 1 N–H and O–H groups in total. The van der Waals surface area contributed by atoms with Crippen LogP contribution in [0.3, 0.4) is 0 Å². The molecule has 1 unspecified atom stereocenters. The van der Waals surface area contributed by atoms with Crippen molar-refractivity contribution >= 4 is 27.8 Å². The molecule has 0 fully saturated rings. The van der Waals surface area contributed by atoms with E-state index in [4.69, 9.17) is 9.47 Å². The van der Waals surface area contributed by atoms with Crippen LogP contribution in [0, 0.1) is 5.82 Å². The van der Waals surface area contributed by atoms with Gasteiger partial charge in [-0.05, 0) is 25.1 Å². The predicted octanol–water partition coefficient (Wildman–Crippen LogP) is 3.38. The highest BCUT2D eigenvalue weighted by atomic mass is 19.1. The molecule has 0 amide bonds. The van der Waals surface area contributed by atoms with E-state index in [0.717, 1.165) is 0 Å². The van der Waals surface area contributed by atoms with Crippen molar-refractivity contribution in [2.24, 2.45) is 0 Å². The summed E-state index contributed by atoms with van der Waals surface area (Å²) in [4.78, 5) is 19.2. The van der Waals surface area contributed by atoms with Gasteiger partial charge >= 0.3 is 5.97 Å². The molecule has 5 nitrogen and oxygen atoms in total. The molecule has 3 rings (SSSR count). The van der Waals surface area contributed by atoms with Crippen LogP contribution in [0.1, 0.15) is 17.4 Å². The van der Waals surface area contributed by atoms with Crippen LogP contribution in [-0.4, -0.2) is 35.8 Å². The molecule has 0 spiro atoms. The van der Waals surface area contributed by atoms with Crippen LogP contribution in [0.25, 0.3) is 21.8 Å². The molecular weight excluding hydrogens is 306 g/mol. The number of aromatic nitrogens is 2. The average Bonchev–Trinajstić information content (AvgIpc) is 2.89. The van der Waals surface area contributed by atoms with Gasteiger partial charge < -0.3 is 14.5 Å². The minimum atomic E-state index is -1.28. The molecule has 1 aromatic carbocycles. The largest absolute Gasteiger partial charge is 0.493 e. The quantitative estimate of drug-likeness (QED) is 0.749. The molecule has 3 aromatic rings. The third-order valence-corrected chi connectivity index (χ3v) is 3.40. The van der Waals surface area contributed by atoms with Gasteiger partial charge in [0.25, 0.3) is 0 Å². The van der Waals surface area contributed by atoms with E-state index in [-0.39, 0.29) is 18.1 Å². The summed E-state index contributed by atoms with van der Waals surface area (Å²) in [6.45, 7) is 0.911. The number of ether oxygens (including phenoxy) is 2. The highest BCUT2D eigenvalue weighted by Crippen LogP contribution is 2.35. The number of alkyl halides is 1. The Bertz CT molecular complexity index is 890. The van der Waals surface area contributed by atoms with E-state index < -0.39 is 18.0 Å². The highest BCUT2D eigenvalue weighted by Gasteiger charge is 2.22. The fourth-order valence-electron chi connectivity index (χ4n) is 2.44. The molecule has 2 heterocycles. The monoisotopic (exact) mass is 320 g/mol. The van der Waals surface area contributed by atoms with Crippen LogP contribution in [0.15, 0.2) is 24.4 Å². The lowest BCUT2D eigenvalue weighted by Crippen LogP contribution is -2.14. The fourth-order valence-corrected chi connectivity index (χ4v) is 2.44. The molecule has 0 radical (unpaired) electrons. The molecule has 0 saturated heterocycles. The van der Waals surface area contributed by atoms with Gasteiger partial charge in [0.05, 0.1) is 24.2 Å². The Hall–Kier alpha value is -2.70. The predicted molar refractivity (Wildman–Crippen MR) is 81.0 cm³/mol. The second-order valence-electron chi connectivity index (χ2n) is 5.12. The van der Waals surface area contributed by atoms with Crippen molar-refractivity contribution in [1.82, 2.24) is 9.97 Å². The first-order valence-electron chi connectivity index (χ1n) is 6.96. The van der Waals surface area contributed by atoms with Gasteiger partial charge in [0.1, 0.15) is 18.6 Å². The zero-order valence-electron chi connectivity index (χ0n) is 12.5. The molecule has 23 heavy (non-hydrogen) atoms. The van der Waals surface area contributed by atoms with E-state index >= 15 is 0 Å². The number of benzene rings is 1. The Labute approximate surface area is 130 Å². The van der Waals surface area contributed by atoms with E-state index in [1.54, 1.807) is 6.07 Å². The van der Waals surface area contributed by atoms with Crippen LogP contribution < -0.4 is 4.74 Å². The zero-order chi connectivity index (χ0) is 16.6. The number of H-pyrrole nitrogens is 1. The number of rotatable bonds is 4. The second-order valence-corrected chi connectivity index (χ2v) is 5.12. The molecule has 1 atom stereocenters. The van der Waals surface area contributed by atoms with Crippen molar-refractivity contribution in [2.45, 2.75) is 13.1 Å². The third-order valence-electron chi connectivity index (χ3n) is 3.40. The Morgan fingerprint density at radius 1 is 1.39 bits per heavy atom. The number of nitrogens with zero attached hydrogens (tertiary/aromatic N) is 1. The number of nitrogens with one attached hydrogen (secondary N) is 1. The Morgan fingerprint density at radius 3 is 2.87 bits per heavy atom. The number of halogens is 2. The molecule has 0 aliphatic rings. The first kappa shape index (κ1) is 15.2. The number of carbonyl (C=O) groups excluding carboxylic acids is 1. The van der Waals surface area contributed by atoms with Gasteiger partial charge in [0, 0.05) is 10.9 Å². The number of carbonyl (C=O) groups is 1. The lowest BCUT2D eigenvalue weighted by molar-refractivity contribution is 0.0406. The van der Waals surface area contributed by atoms with E-state index in [0.29, 0.717) is 21.8 Å². The standard InChI is InChI=1S/C16H14F2N2O3/c1-8(17)7-23-16(21)14-15(22-2)13-10-5-9(18)3-4-11(10)20-12(13)6-19-14/h3-6,8,20H,7H2,1-2H3. The van der Waals surface area contributed by atoms with Gasteiger partial charge in [-0.2, -0.15) is 0 Å². The second kappa shape index (κ2) is 5.83. The van der Waals surface area contributed by atoms with Crippen molar-refractivity contribution in [3.05, 3.63) is 35.9 Å². The highest BCUT2D eigenvalue weighted by molar-refractivity contribution is 6.12. The molecular formula is C16H14F2N2O3. The minimum Gasteiger partial charge on any atom is -0.493 e. The summed E-state index contributed by atoms with van der Waals surface area (Å²) >= 11 is 0. The number of methoxy groups -OCH3 is 1. The molecule has 7 heteroatoms. The third kappa shape index (κ3) is 2.69. The summed E-state index contributed by atoms with van der Waals surface area (Å²) < 4.78 is 36.5. The average molecular weight is 320 g/mol. The Morgan fingerprint density at radius 2 is 2.17 bits per heavy atom. The first-order chi connectivity index (χ1) is 11.0. The number of esters is 1. The Kier molecular flexibility index (Phi) is 3.85. The van der Waals surface area contributed by atoms with Crippen molar-refractivity contribution in [3.8, 4) is 5.75 Å². The first-order valence-corrected chi connectivity index (χ1v) is 6.96. The summed E-state index contributed by atoms with van der Waals surface area (Å²) in [5, 5.41) is 1.09. The smallest absolute Gasteiger partial charge is 0.360 e. The molecule has 0 aliphatic heterocycles. The van der Waals surface area contributed by atoms with Crippen LogP contribution in [0.4, 0.5) is 8.78 Å². The van der Waals surface area contributed by atoms with Gasteiger partial charge in [-0.25, -0.2) is 18.6 Å². The number of fused-ring (bicyclic) bond motifs is 3. The van der Waals surface area contributed by atoms with Crippen molar-refractivity contribution < 1.29 is 23.0 Å². The van der Waals surface area contributed by atoms with Crippen LogP contribution in [-0.2, 0) is 4.74 Å². The van der Waals surface area contributed by atoms with Crippen molar-refractivity contribution in [3.63, 3.8) is 0 Å². The van der Waals surface area contributed by atoms with E-state index in [1.807, 2.05) is 0 Å². The number of pyridine rings is 1. The summed E-state index contributed by atoms with van der Waals surface area (Å²) in [7, 11) is 1.38. The van der Waals surface area contributed by atoms with Gasteiger partial charge in [-0.1, -0.05) is 0 Å². The van der Waals surface area contributed by atoms with Crippen molar-refractivity contribution in [1.29, 1.82) is 0 Å². The molecule has 0 bridgehead atoms. The summed E-state index contributed by atoms with van der Waals surface area (Å²) in [6, 6.07) is 4.26. The SMILES string of the molecule is COc1c(C(=O)OCC(C)F)ncc2[nH]c3ccc(F)cc3c12. The summed E-state index contributed by atoms with van der Waals surface area (Å²) in [5.41, 5.74) is 1.20. The molecule has 0 saturated carbocycles. The zero-order valence-corrected chi connectivity index (χ0v) is 12.5. The van der Waals surface area contributed by atoms with Crippen LogP contribution in [0.5, 0.6) is 5.75 Å². The fraction of sp³-hybridized carbons (Fsp3) is 0.250. The number of hydrogen-bond donors (Lipinski definition) is 1. The van der Waals surface area contributed by atoms with Gasteiger partial charge in [-0.15, -0.1) is 0 Å². The lowest BCUT2D eigenvalue weighted by atomic mass is 10.1.